The van der Waals surface area contributed by atoms with E-state index in [4.69, 9.17) is 5.73 Å². The first kappa shape index (κ1) is 13.0. The van der Waals surface area contributed by atoms with Gasteiger partial charge in [-0.05, 0) is 40.5 Å². The minimum Gasteiger partial charge on any atom is -0.323 e. The van der Waals surface area contributed by atoms with E-state index in [1.807, 2.05) is 13.1 Å². The zero-order valence-corrected chi connectivity index (χ0v) is 11.7. The summed E-state index contributed by atoms with van der Waals surface area (Å²) in [4.78, 5) is 10.5. The third-order valence-corrected chi connectivity index (χ3v) is 4.64. The van der Waals surface area contributed by atoms with Crippen LogP contribution in [0.5, 0.6) is 0 Å². The fourth-order valence-electron chi connectivity index (χ4n) is 2.20. The third-order valence-electron chi connectivity index (χ3n) is 3.34. The van der Waals surface area contributed by atoms with Gasteiger partial charge in [-0.2, -0.15) is 0 Å². The van der Waals surface area contributed by atoms with Crippen LogP contribution < -0.4 is 5.73 Å². The molecular formula is C12H22N4S. The van der Waals surface area contributed by atoms with E-state index in [0.29, 0.717) is 6.04 Å². The molecule has 2 heterocycles. The van der Waals surface area contributed by atoms with Crippen LogP contribution in [0, 0.1) is 0 Å². The zero-order chi connectivity index (χ0) is 12.4. The van der Waals surface area contributed by atoms with Crippen LogP contribution in [0.25, 0.3) is 0 Å². The Balaban J connectivity index is 2.17. The average molecular weight is 254 g/mol. The van der Waals surface area contributed by atoms with Gasteiger partial charge in [0.05, 0.1) is 6.04 Å². The molecule has 96 valence electrons. The smallest absolute Gasteiger partial charge is 0.111 e. The van der Waals surface area contributed by atoms with E-state index in [1.54, 1.807) is 11.3 Å². The van der Waals surface area contributed by atoms with E-state index in [0.717, 1.165) is 13.1 Å². The number of rotatable bonds is 2. The molecule has 0 saturated carbocycles. The summed E-state index contributed by atoms with van der Waals surface area (Å²) in [5.74, 6) is 0. The Morgan fingerprint density at radius 2 is 2.24 bits per heavy atom. The molecule has 2 unspecified atom stereocenters. The SMILES string of the molecule is CC(N)c1cnc(C2CN(C)CCCN2C)s1. The molecule has 1 aliphatic heterocycles. The molecule has 0 bridgehead atoms. The van der Waals surface area contributed by atoms with Crippen LogP contribution in [-0.2, 0) is 0 Å². The molecule has 0 aliphatic carbocycles. The van der Waals surface area contributed by atoms with Gasteiger partial charge in [-0.1, -0.05) is 0 Å². The highest BCUT2D eigenvalue weighted by Gasteiger charge is 2.24. The summed E-state index contributed by atoms with van der Waals surface area (Å²) in [6.07, 6.45) is 3.17. The zero-order valence-electron chi connectivity index (χ0n) is 10.9. The summed E-state index contributed by atoms with van der Waals surface area (Å²) in [7, 11) is 4.38. The Hall–Kier alpha value is -0.490. The first-order valence-corrected chi connectivity index (χ1v) is 6.99. The minimum atomic E-state index is 0.0927. The number of hydrogen-bond acceptors (Lipinski definition) is 5. The predicted octanol–water partition coefficient (Wildman–Crippen LogP) is 1.47. The second-order valence-corrected chi connectivity index (χ2v) is 6.10. The lowest BCUT2D eigenvalue weighted by atomic mass is 10.2. The number of aromatic nitrogens is 1. The molecule has 0 aromatic carbocycles. The molecule has 0 radical (unpaired) electrons. The summed E-state index contributed by atoms with van der Waals surface area (Å²) < 4.78 is 0. The van der Waals surface area contributed by atoms with Crippen molar-refractivity contribution in [3.63, 3.8) is 0 Å². The maximum absolute atomic E-state index is 5.90. The highest BCUT2D eigenvalue weighted by molar-refractivity contribution is 7.11. The molecule has 1 saturated heterocycles. The van der Waals surface area contributed by atoms with Gasteiger partial charge in [0.15, 0.2) is 0 Å². The molecule has 1 aromatic rings. The summed E-state index contributed by atoms with van der Waals surface area (Å²) in [5.41, 5.74) is 5.90. The first-order chi connectivity index (χ1) is 8.08. The van der Waals surface area contributed by atoms with Gasteiger partial charge in [0.25, 0.3) is 0 Å². The van der Waals surface area contributed by atoms with Crippen molar-refractivity contribution >= 4 is 11.3 Å². The maximum Gasteiger partial charge on any atom is 0.111 e. The predicted molar refractivity (Wildman–Crippen MR) is 72.2 cm³/mol. The maximum atomic E-state index is 5.90. The molecule has 0 amide bonds. The van der Waals surface area contributed by atoms with Gasteiger partial charge in [-0.3, -0.25) is 4.90 Å². The van der Waals surface area contributed by atoms with Crippen molar-refractivity contribution in [2.24, 2.45) is 5.73 Å². The van der Waals surface area contributed by atoms with E-state index in [-0.39, 0.29) is 6.04 Å². The van der Waals surface area contributed by atoms with E-state index >= 15 is 0 Å². The Kier molecular flexibility index (Phi) is 4.14. The fourth-order valence-corrected chi connectivity index (χ4v) is 3.23. The summed E-state index contributed by atoms with van der Waals surface area (Å²) in [6.45, 7) is 5.39. The average Bonchev–Trinajstić information content (AvgIpc) is 2.68. The molecule has 4 nitrogen and oxygen atoms in total. The molecule has 2 N–H and O–H groups in total. The number of thiazole rings is 1. The van der Waals surface area contributed by atoms with Gasteiger partial charge >= 0.3 is 0 Å². The summed E-state index contributed by atoms with van der Waals surface area (Å²) in [6, 6.07) is 0.509. The van der Waals surface area contributed by atoms with Crippen LogP contribution in [0.2, 0.25) is 0 Å². The van der Waals surface area contributed by atoms with Crippen LogP contribution in [0.1, 0.15) is 35.3 Å². The van der Waals surface area contributed by atoms with Crippen LogP contribution in [-0.4, -0.2) is 48.5 Å². The number of nitrogens with two attached hydrogens (primary N) is 1. The monoisotopic (exact) mass is 254 g/mol. The fraction of sp³-hybridized carbons (Fsp3) is 0.750. The van der Waals surface area contributed by atoms with Crippen molar-refractivity contribution in [2.45, 2.75) is 25.4 Å². The van der Waals surface area contributed by atoms with Crippen molar-refractivity contribution in [2.75, 3.05) is 33.7 Å². The van der Waals surface area contributed by atoms with Gasteiger partial charge in [-0.15, -0.1) is 11.3 Å². The van der Waals surface area contributed by atoms with Crippen molar-refractivity contribution in [3.8, 4) is 0 Å². The molecule has 1 fully saturated rings. The Labute approximate surface area is 107 Å². The Morgan fingerprint density at radius 3 is 2.88 bits per heavy atom. The van der Waals surface area contributed by atoms with E-state index < -0.39 is 0 Å². The van der Waals surface area contributed by atoms with Crippen molar-refractivity contribution in [1.29, 1.82) is 0 Å². The van der Waals surface area contributed by atoms with Gasteiger partial charge < -0.3 is 10.6 Å². The minimum absolute atomic E-state index is 0.0927. The lowest BCUT2D eigenvalue weighted by Crippen LogP contribution is -2.30. The molecule has 2 atom stereocenters. The Bertz CT molecular complexity index is 363. The van der Waals surface area contributed by atoms with Gasteiger partial charge in [0.1, 0.15) is 5.01 Å². The molecule has 0 spiro atoms. The van der Waals surface area contributed by atoms with Gasteiger partial charge in [0, 0.05) is 23.7 Å². The van der Waals surface area contributed by atoms with Gasteiger partial charge in [-0.25, -0.2) is 4.98 Å². The number of hydrogen-bond donors (Lipinski definition) is 1. The number of nitrogens with zero attached hydrogens (tertiary/aromatic N) is 3. The third kappa shape index (κ3) is 3.04. The van der Waals surface area contributed by atoms with E-state index in [2.05, 4.69) is 28.9 Å². The lowest BCUT2D eigenvalue weighted by Gasteiger charge is -2.25. The molecular weight excluding hydrogens is 232 g/mol. The Morgan fingerprint density at radius 1 is 1.47 bits per heavy atom. The molecule has 1 aromatic heterocycles. The van der Waals surface area contributed by atoms with E-state index in [1.165, 1.54) is 22.9 Å². The highest BCUT2D eigenvalue weighted by Crippen LogP contribution is 2.28. The molecule has 5 heteroatoms. The number of likely N-dealkylation sites (N-methyl/N-ethyl adjacent to an activating group) is 2. The van der Waals surface area contributed by atoms with Crippen LogP contribution in [0.3, 0.4) is 0 Å². The van der Waals surface area contributed by atoms with Crippen molar-refractivity contribution < 1.29 is 0 Å². The quantitative estimate of drug-likeness (QED) is 0.868. The van der Waals surface area contributed by atoms with Gasteiger partial charge in [0.2, 0.25) is 0 Å². The van der Waals surface area contributed by atoms with Crippen LogP contribution in [0.15, 0.2) is 6.20 Å². The van der Waals surface area contributed by atoms with Crippen molar-refractivity contribution in [1.82, 2.24) is 14.8 Å². The van der Waals surface area contributed by atoms with Crippen LogP contribution in [0.4, 0.5) is 0 Å². The normalized spacial score (nSPS) is 25.8. The summed E-state index contributed by atoms with van der Waals surface area (Å²) >= 11 is 1.76. The summed E-state index contributed by atoms with van der Waals surface area (Å²) in [5, 5.41) is 1.20. The molecule has 1 aliphatic rings. The van der Waals surface area contributed by atoms with Crippen LogP contribution >= 0.6 is 11.3 Å². The first-order valence-electron chi connectivity index (χ1n) is 6.18. The second-order valence-electron chi connectivity index (χ2n) is 5.00. The second kappa shape index (κ2) is 5.44. The van der Waals surface area contributed by atoms with Crippen molar-refractivity contribution in [3.05, 3.63) is 16.1 Å². The lowest BCUT2D eigenvalue weighted by molar-refractivity contribution is 0.228. The largest absolute Gasteiger partial charge is 0.323 e. The highest BCUT2D eigenvalue weighted by atomic mass is 32.1. The standard InChI is InChI=1S/C12H22N4S/c1-9(13)11-7-14-12(17-11)10-8-15(2)5-4-6-16(10)3/h7,9-10H,4-6,8,13H2,1-3H3. The molecule has 17 heavy (non-hydrogen) atoms. The van der Waals surface area contributed by atoms with E-state index in [9.17, 15) is 0 Å². The molecule has 2 rings (SSSR count). The topological polar surface area (TPSA) is 45.4 Å².